The molecule has 0 aliphatic carbocycles. The maximum Gasteiger partial charge on any atom is 0.170 e. The molecule has 1 N–H and O–H groups in total. The van der Waals surface area contributed by atoms with Crippen molar-refractivity contribution in [2.75, 3.05) is 13.1 Å². The van der Waals surface area contributed by atoms with Gasteiger partial charge in [0, 0.05) is 6.42 Å². The van der Waals surface area contributed by atoms with Crippen LogP contribution in [0.1, 0.15) is 36.0 Å². The third-order valence-electron chi connectivity index (χ3n) is 3.79. The van der Waals surface area contributed by atoms with Crippen molar-refractivity contribution in [3.8, 4) is 5.75 Å². The number of carbonyl (C=O) groups is 1. The van der Waals surface area contributed by atoms with E-state index >= 15 is 0 Å². The van der Waals surface area contributed by atoms with E-state index in [9.17, 15) is 9.18 Å². The Kier molecular flexibility index (Phi) is 2.82. The highest BCUT2D eigenvalue weighted by molar-refractivity contribution is 6.00. The topological polar surface area (TPSA) is 38.3 Å². The molecular formula is C14H16FNO2. The van der Waals surface area contributed by atoms with E-state index in [1.165, 1.54) is 12.1 Å². The van der Waals surface area contributed by atoms with Crippen molar-refractivity contribution in [3.63, 3.8) is 0 Å². The minimum Gasteiger partial charge on any atom is -0.486 e. The smallest absolute Gasteiger partial charge is 0.170 e. The number of nitrogens with one attached hydrogen (secondary N) is 1. The summed E-state index contributed by atoms with van der Waals surface area (Å²) in [7, 11) is 0. The summed E-state index contributed by atoms with van der Waals surface area (Å²) < 4.78 is 19.2. The molecule has 0 radical (unpaired) electrons. The molecule has 4 heteroatoms. The maximum absolute atomic E-state index is 13.1. The van der Waals surface area contributed by atoms with Crippen molar-refractivity contribution in [3.05, 3.63) is 29.6 Å². The van der Waals surface area contributed by atoms with Gasteiger partial charge >= 0.3 is 0 Å². The van der Waals surface area contributed by atoms with Crippen LogP contribution in [0.3, 0.4) is 0 Å². The summed E-state index contributed by atoms with van der Waals surface area (Å²) in [6.45, 7) is 1.83. The number of carbonyl (C=O) groups excluding carboxylic acids is 1. The van der Waals surface area contributed by atoms with Crippen molar-refractivity contribution < 1.29 is 13.9 Å². The molecule has 96 valence electrons. The van der Waals surface area contributed by atoms with Crippen molar-refractivity contribution in [2.45, 2.75) is 31.3 Å². The Bertz CT molecular complexity index is 479. The van der Waals surface area contributed by atoms with Gasteiger partial charge in [-0.3, -0.25) is 4.79 Å². The average Bonchev–Trinajstić information content (AvgIpc) is 2.56. The number of ketones is 1. The molecular weight excluding hydrogens is 233 g/mol. The Labute approximate surface area is 105 Å². The number of rotatable bonds is 0. The van der Waals surface area contributed by atoms with Gasteiger partial charge in [-0.15, -0.1) is 0 Å². The Balaban J connectivity index is 1.95. The second-order valence-corrected chi connectivity index (χ2v) is 5.13. The lowest BCUT2D eigenvalue weighted by Crippen LogP contribution is -2.42. The first-order chi connectivity index (χ1) is 8.69. The number of halogens is 1. The zero-order chi connectivity index (χ0) is 12.6. The fourth-order valence-electron chi connectivity index (χ4n) is 2.85. The lowest BCUT2D eigenvalue weighted by atomic mass is 9.84. The summed E-state index contributed by atoms with van der Waals surface area (Å²) in [5.74, 6) is 0.149. The van der Waals surface area contributed by atoms with Gasteiger partial charge in [-0.1, -0.05) is 0 Å². The molecule has 1 aromatic rings. The van der Waals surface area contributed by atoms with Crippen molar-refractivity contribution in [2.24, 2.45) is 0 Å². The third-order valence-corrected chi connectivity index (χ3v) is 3.79. The first-order valence-electron chi connectivity index (χ1n) is 6.41. The molecule has 1 aromatic carbocycles. The van der Waals surface area contributed by atoms with E-state index in [1.807, 2.05) is 0 Å². The summed E-state index contributed by atoms with van der Waals surface area (Å²) in [4.78, 5) is 12.2. The zero-order valence-electron chi connectivity index (χ0n) is 10.2. The quantitative estimate of drug-likeness (QED) is 0.766. The number of Topliss-reactive ketones (excluding diaryl/α,β-unsaturated/α-hetero) is 1. The fourth-order valence-corrected chi connectivity index (χ4v) is 2.85. The van der Waals surface area contributed by atoms with Crippen LogP contribution in [0.5, 0.6) is 5.75 Å². The molecule has 1 atom stereocenters. The minimum atomic E-state index is -0.385. The van der Waals surface area contributed by atoms with Crippen LogP contribution in [0.4, 0.5) is 4.39 Å². The molecule has 3 rings (SSSR count). The molecule has 0 saturated carbocycles. The normalized spacial score (nSPS) is 27.5. The van der Waals surface area contributed by atoms with E-state index in [-0.39, 0.29) is 17.2 Å². The SMILES string of the molecule is O=C1CC2(CCCNCC2)Oc2ccc(F)cc21. The molecule has 3 nitrogen and oxygen atoms in total. The number of ether oxygens (including phenoxy) is 1. The highest BCUT2D eigenvalue weighted by Crippen LogP contribution is 2.38. The Morgan fingerprint density at radius 3 is 3.06 bits per heavy atom. The number of benzene rings is 1. The molecule has 1 saturated heterocycles. The van der Waals surface area contributed by atoms with Crippen LogP contribution >= 0.6 is 0 Å². The molecule has 1 unspecified atom stereocenters. The van der Waals surface area contributed by atoms with Crippen molar-refractivity contribution in [1.82, 2.24) is 5.32 Å². The van der Waals surface area contributed by atoms with Crippen LogP contribution in [-0.2, 0) is 0 Å². The Morgan fingerprint density at radius 2 is 2.17 bits per heavy atom. The van der Waals surface area contributed by atoms with E-state index in [4.69, 9.17) is 4.74 Å². The fraction of sp³-hybridized carbons (Fsp3) is 0.500. The van der Waals surface area contributed by atoms with Crippen molar-refractivity contribution in [1.29, 1.82) is 0 Å². The van der Waals surface area contributed by atoms with E-state index in [1.54, 1.807) is 6.07 Å². The van der Waals surface area contributed by atoms with E-state index in [2.05, 4.69) is 5.32 Å². The number of hydrogen-bond acceptors (Lipinski definition) is 3. The van der Waals surface area contributed by atoms with Gasteiger partial charge in [0.2, 0.25) is 0 Å². The van der Waals surface area contributed by atoms with Gasteiger partial charge in [-0.2, -0.15) is 0 Å². The first kappa shape index (κ1) is 11.7. The predicted octanol–water partition coefficient (Wildman–Crippen LogP) is 2.30. The van der Waals surface area contributed by atoms with Gasteiger partial charge in [0.05, 0.1) is 12.0 Å². The second kappa shape index (κ2) is 4.35. The van der Waals surface area contributed by atoms with Gasteiger partial charge in [0.15, 0.2) is 5.78 Å². The first-order valence-corrected chi connectivity index (χ1v) is 6.41. The summed E-state index contributed by atoms with van der Waals surface area (Å²) in [6, 6.07) is 4.20. The molecule has 2 heterocycles. The second-order valence-electron chi connectivity index (χ2n) is 5.13. The van der Waals surface area contributed by atoms with Gasteiger partial charge in [0.25, 0.3) is 0 Å². The third kappa shape index (κ3) is 2.01. The van der Waals surface area contributed by atoms with Gasteiger partial charge in [-0.05, 0) is 44.1 Å². The number of fused-ring (bicyclic) bond motifs is 1. The van der Waals surface area contributed by atoms with Crippen LogP contribution in [0, 0.1) is 5.82 Å². The predicted molar refractivity (Wildman–Crippen MR) is 65.4 cm³/mol. The lowest BCUT2D eigenvalue weighted by Gasteiger charge is -2.37. The monoisotopic (exact) mass is 249 g/mol. The van der Waals surface area contributed by atoms with Crippen LogP contribution in [0.15, 0.2) is 18.2 Å². The van der Waals surface area contributed by atoms with E-state index in [0.717, 1.165) is 32.4 Å². The minimum absolute atomic E-state index is 0.00218. The standard InChI is InChI=1S/C14H16FNO2/c15-10-2-3-13-11(8-10)12(17)9-14(18-13)4-1-6-16-7-5-14/h2-3,8,16H,1,4-7,9H2. The van der Waals surface area contributed by atoms with Gasteiger partial charge < -0.3 is 10.1 Å². The highest BCUT2D eigenvalue weighted by Gasteiger charge is 2.40. The Morgan fingerprint density at radius 1 is 1.28 bits per heavy atom. The van der Waals surface area contributed by atoms with Crippen LogP contribution < -0.4 is 10.1 Å². The molecule has 0 aromatic heterocycles. The summed E-state index contributed by atoms with van der Waals surface area (Å²) in [5.41, 5.74) is 0.00336. The maximum atomic E-state index is 13.1. The molecule has 0 bridgehead atoms. The average molecular weight is 249 g/mol. The van der Waals surface area contributed by atoms with E-state index < -0.39 is 0 Å². The van der Waals surface area contributed by atoms with Gasteiger partial charge in [-0.25, -0.2) is 4.39 Å². The van der Waals surface area contributed by atoms with Crippen LogP contribution in [0.2, 0.25) is 0 Å². The number of hydrogen-bond donors (Lipinski definition) is 1. The zero-order valence-corrected chi connectivity index (χ0v) is 10.2. The van der Waals surface area contributed by atoms with Gasteiger partial charge in [0.1, 0.15) is 17.2 Å². The van der Waals surface area contributed by atoms with Crippen LogP contribution in [0.25, 0.3) is 0 Å². The summed E-state index contributed by atoms with van der Waals surface area (Å²) in [6.07, 6.45) is 3.08. The molecule has 18 heavy (non-hydrogen) atoms. The summed E-state index contributed by atoms with van der Waals surface area (Å²) in [5, 5.41) is 3.32. The molecule has 1 spiro atoms. The van der Waals surface area contributed by atoms with Crippen LogP contribution in [-0.4, -0.2) is 24.5 Å². The van der Waals surface area contributed by atoms with Crippen molar-refractivity contribution >= 4 is 5.78 Å². The molecule has 0 amide bonds. The summed E-state index contributed by atoms with van der Waals surface area (Å²) >= 11 is 0. The lowest BCUT2D eigenvalue weighted by molar-refractivity contribution is 0.0319. The molecule has 1 fully saturated rings. The molecule has 2 aliphatic rings. The molecule has 2 aliphatic heterocycles. The Hall–Kier alpha value is -1.42. The largest absolute Gasteiger partial charge is 0.486 e. The van der Waals surface area contributed by atoms with E-state index in [0.29, 0.717) is 17.7 Å². The highest BCUT2D eigenvalue weighted by atomic mass is 19.1.